The molecule has 0 rings (SSSR count). The largest absolute Gasteiger partial charge is 0.325 e. The summed E-state index contributed by atoms with van der Waals surface area (Å²) in [6.45, 7) is 8.04. The Morgan fingerprint density at radius 1 is 1.40 bits per heavy atom. The lowest BCUT2D eigenvalue weighted by Crippen LogP contribution is -1.99. The Morgan fingerprint density at radius 3 is 2.47 bits per heavy atom. The number of unbranched alkanes of at least 4 members (excludes halogenated alkanes) is 2. The van der Waals surface area contributed by atoms with Gasteiger partial charge in [0.2, 0.25) is 7.37 Å². The predicted molar refractivity (Wildman–Crippen MR) is 63.0 cm³/mol. The predicted octanol–water partition coefficient (Wildman–Crippen LogP) is 3.92. The summed E-state index contributed by atoms with van der Waals surface area (Å²) in [4.78, 5) is 0. The maximum Gasteiger partial charge on any atom is 0.241 e. The standard InChI is InChI=1S/C11H20NO2P/c1-4-6-8-14-15(13,9-7-5-2)11(3)10-12/h3-9H2,1-2H3. The fourth-order valence-corrected chi connectivity index (χ4v) is 2.94. The van der Waals surface area contributed by atoms with Gasteiger partial charge in [-0.2, -0.15) is 5.26 Å². The summed E-state index contributed by atoms with van der Waals surface area (Å²) < 4.78 is 17.6. The van der Waals surface area contributed by atoms with E-state index in [-0.39, 0.29) is 5.31 Å². The van der Waals surface area contributed by atoms with Gasteiger partial charge in [-0.05, 0) is 12.8 Å². The fourth-order valence-electron chi connectivity index (χ4n) is 1.08. The highest BCUT2D eigenvalue weighted by Gasteiger charge is 2.26. The van der Waals surface area contributed by atoms with Crippen LogP contribution in [-0.4, -0.2) is 12.8 Å². The van der Waals surface area contributed by atoms with E-state index in [4.69, 9.17) is 9.79 Å². The molecular formula is C11H20NO2P. The van der Waals surface area contributed by atoms with Crippen molar-refractivity contribution < 1.29 is 9.09 Å². The molecule has 0 aromatic carbocycles. The van der Waals surface area contributed by atoms with E-state index in [2.05, 4.69) is 6.58 Å². The summed E-state index contributed by atoms with van der Waals surface area (Å²) in [7, 11) is -2.91. The van der Waals surface area contributed by atoms with Crippen molar-refractivity contribution >= 4 is 7.37 Å². The van der Waals surface area contributed by atoms with E-state index < -0.39 is 7.37 Å². The average Bonchev–Trinajstić information content (AvgIpc) is 2.25. The van der Waals surface area contributed by atoms with Crippen molar-refractivity contribution in [2.75, 3.05) is 12.8 Å². The Labute approximate surface area is 92.6 Å². The first-order valence-electron chi connectivity index (χ1n) is 5.44. The molecule has 3 nitrogen and oxygen atoms in total. The van der Waals surface area contributed by atoms with Gasteiger partial charge in [0.15, 0.2) is 0 Å². The molecule has 0 N–H and O–H groups in total. The van der Waals surface area contributed by atoms with Crippen molar-refractivity contribution in [3.8, 4) is 6.07 Å². The zero-order chi connectivity index (χ0) is 11.7. The molecular weight excluding hydrogens is 209 g/mol. The molecule has 0 bridgehead atoms. The third kappa shape index (κ3) is 5.16. The van der Waals surface area contributed by atoms with Crippen LogP contribution in [0.5, 0.6) is 0 Å². The van der Waals surface area contributed by atoms with E-state index in [0.29, 0.717) is 12.8 Å². The van der Waals surface area contributed by atoms with Crippen LogP contribution in [0.15, 0.2) is 11.9 Å². The van der Waals surface area contributed by atoms with Crippen LogP contribution in [0.1, 0.15) is 39.5 Å². The maximum absolute atomic E-state index is 12.2. The Kier molecular flexibility index (Phi) is 7.38. The van der Waals surface area contributed by atoms with E-state index in [1.165, 1.54) is 0 Å². The van der Waals surface area contributed by atoms with Crippen molar-refractivity contribution in [3.63, 3.8) is 0 Å². The zero-order valence-corrected chi connectivity index (χ0v) is 10.6. The summed E-state index contributed by atoms with van der Waals surface area (Å²) in [6.07, 6.45) is 4.06. The van der Waals surface area contributed by atoms with Gasteiger partial charge in [-0.15, -0.1) is 0 Å². The smallest absolute Gasteiger partial charge is 0.241 e. The third-order valence-electron chi connectivity index (χ3n) is 2.14. The van der Waals surface area contributed by atoms with Crippen molar-refractivity contribution in [1.82, 2.24) is 0 Å². The lowest BCUT2D eigenvalue weighted by Gasteiger charge is -2.16. The normalized spacial score (nSPS) is 14.2. The fraction of sp³-hybridized carbons (Fsp3) is 0.727. The second-order valence-electron chi connectivity index (χ2n) is 3.50. The summed E-state index contributed by atoms with van der Waals surface area (Å²) in [5.74, 6) is 0. The Hall–Kier alpha value is -0.580. The first-order valence-corrected chi connectivity index (χ1v) is 7.24. The molecule has 0 fully saturated rings. The van der Waals surface area contributed by atoms with Crippen LogP contribution >= 0.6 is 7.37 Å². The van der Waals surface area contributed by atoms with Gasteiger partial charge in [0.1, 0.15) is 11.4 Å². The van der Waals surface area contributed by atoms with E-state index in [1.807, 2.05) is 19.9 Å². The van der Waals surface area contributed by atoms with Gasteiger partial charge in [-0.1, -0.05) is 33.3 Å². The van der Waals surface area contributed by atoms with Gasteiger partial charge >= 0.3 is 0 Å². The molecule has 4 heteroatoms. The van der Waals surface area contributed by atoms with Crippen molar-refractivity contribution in [2.45, 2.75) is 39.5 Å². The molecule has 0 saturated carbocycles. The molecule has 15 heavy (non-hydrogen) atoms. The van der Waals surface area contributed by atoms with Crippen molar-refractivity contribution in [3.05, 3.63) is 11.9 Å². The number of nitriles is 1. The van der Waals surface area contributed by atoms with Gasteiger partial charge < -0.3 is 4.52 Å². The summed E-state index contributed by atoms with van der Waals surface area (Å²) in [5.41, 5.74) is 0. The van der Waals surface area contributed by atoms with E-state index >= 15 is 0 Å². The first-order chi connectivity index (χ1) is 7.10. The molecule has 0 aliphatic carbocycles. The topological polar surface area (TPSA) is 50.1 Å². The highest BCUT2D eigenvalue weighted by atomic mass is 31.2. The van der Waals surface area contributed by atoms with Crippen LogP contribution in [0.4, 0.5) is 0 Å². The number of allylic oxidation sites excluding steroid dienone is 1. The minimum absolute atomic E-state index is 0.104. The van der Waals surface area contributed by atoms with Crippen LogP contribution in [0, 0.1) is 11.3 Å². The number of rotatable bonds is 8. The first kappa shape index (κ1) is 14.4. The highest BCUT2D eigenvalue weighted by Crippen LogP contribution is 2.54. The lowest BCUT2D eigenvalue weighted by atomic mass is 10.4. The van der Waals surface area contributed by atoms with Crippen molar-refractivity contribution in [1.29, 1.82) is 5.26 Å². The molecule has 0 heterocycles. The molecule has 0 radical (unpaired) electrons. The van der Waals surface area contributed by atoms with Gasteiger partial charge in [0.25, 0.3) is 0 Å². The molecule has 0 aliphatic rings. The van der Waals surface area contributed by atoms with E-state index in [1.54, 1.807) is 0 Å². The van der Waals surface area contributed by atoms with Crippen LogP contribution in [0.3, 0.4) is 0 Å². The van der Waals surface area contributed by atoms with Crippen LogP contribution in [-0.2, 0) is 9.09 Å². The molecule has 0 aromatic heterocycles. The molecule has 0 saturated heterocycles. The minimum Gasteiger partial charge on any atom is -0.325 e. The maximum atomic E-state index is 12.2. The van der Waals surface area contributed by atoms with E-state index in [0.717, 1.165) is 25.7 Å². The van der Waals surface area contributed by atoms with Crippen LogP contribution in [0.25, 0.3) is 0 Å². The van der Waals surface area contributed by atoms with Gasteiger partial charge in [0.05, 0.1) is 6.61 Å². The molecule has 0 amide bonds. The van der Waals surface area contributed by atoms with Gasteiger partial charge in [-0.3, -0.25) is 4.57 Å². The highest BCUT2D eigenvalue weighted by molar-refractivity contribution is 7.63. The summed E-state index contributed by atoms with van der Waals surface area (Å²) in [5, 5.41) is 8.83. The lowest BCUT2D eigenvalue weighted by molar-refractivity contribution is 0.310. The molecule has 0 spiro atoms. The molecule has 0 aliphatic heterocycles. The minimum atomic E-state index is -2.91. The summed E-state index contributed by atoms with van der Waals surface area (Å²) >= 11 is 0. The number of hydrogen-bond donors (Lipinski definition) is 0. The number of nitrogens with zero attached hydrogens (tertiary/aromatic N) is 1. The zero-order valence-electron chi connectivity index (χ0n) is 9.66. The van der Waals surface area contributed by atoms with Crippen molar-refractivity contribution in [2.24, 2.45) is 0 Å². The second-order valence-corrected chi connectivity index (χ2v) is 6.09. The third-order valence-corrected chi connectivity index (χ3v) is 4.57. The van der Waals surface area contributed by atoms with Crippen LogP contribution in [0.2, 0.25) is 0 Å². The monoisotopic (exact) mass is 229 g/mol. The summed E-state index contributed by atoms with van der Waals surface area (Å²) in [6, 6.07) is 1.86. The molecule has 1 unspecified atom stereocenters. The Morgan fingerprint density at radius 2 is 2.00 bits per heavy atom. The Bertz CT molecular complexity index is 281. The molecule has 1 atom stereocenters. The second kappa shape index (κ2) is 7.68. The quantitative estimate of drug-likeness (QED) is 0.360. The Balaban J connectivity index is 4.36. The van der Waals surface area contributed by atoms with E-state index in [9.17, 15) is 4.57 Å². The van der Waals surface area contributed by atoms with Gasteiger partial charge in [-0.25, -0.2) is 0 Å². The van der Waals surface area contributed by atoms with Gasteiger partial charge in [0, 0.05) is 6.16 Å². The average molecular weight is 229 g/mol. The SMILES string of the molecule is C=C(C#N)P(=O)(CCCC)OCCCC. The number of hydrogen-bond acceptors (Lipinski definition) is 3. The van der Waals surface area contributed by atoms with Crippen LogP contribution < -0.4 is 0 Å². The molecule has 86 valence electrons. The molecule has 0 aromatic rings.